The minimum atomic E-state index is -0.804. The third kappa shape index (κ3) is 7.13. The number of hydrogen-bond donors (Lipinski definition) is 3. The van der Waals surface area contributed by atoms with Gasteiger partial charge in [-0.2, -0.15) is 0 Å². The Morgan fingerprint density at radius 1 is 0.923 bits per heavy atom. The van der Waals surface area contributed by atoms with Crippen LogP contribution >= 0.6 is 0 Å². The first-order chi connectivity index (χ1) is 18.5. The van der Waals surface area contributed by atoms with Crippen molar-refractivity contribution in [1.29, 1.82) is 0 Å². The quantitative estimate of drug-likeness (QED) is 0.250. The number of rotatable bonds is 10. The van der Waals surface area contributed by atoms with Crippen LogP contribution in [0.25, 0.3) is 11.1 Å². The first kappa shape index (κ1) is 28.1. The van der Waals surface area contributed by atoms with Crippen LogP contribution in [0.2, 0.25) is 0 Å². The molecule has 3 N–H and O–H groups in total. The maximum Gasteiger partial charge on any atom is 0.323 e. The number of nitrogens with zero attached hydrogens (tertiary/aromatic N) is 1. The van der Waals surface area contributed by atoms with Crippen LogP contribution in [0.3, 0.4) is 0 Å². The van der Waals surface area contributed by atoms with Crippen LogP contribution in [0.1, 0.15) is 45.6 Å². The average Bonchev–Trinajstić information content (AvgIpc) is 3.65. The zero-order valence-corrected chi connectivity index (χ0v) is 22.7. The number of carbonyl (C=O) groups is 2. The van der Waals surface area contributed by atoms with Crippen LogP contribution in [-0.4, -0.2) is 30.2 Å². The van der Waals surface area contributed by atoms with Gasteiger partial charge in [0.2, 0.25) is 0 Å². The van der Waals surface area contributed by atoms with Crippen LogP contribution in [-0.2, 0) is 4.79 Å². The van der Waals surface area contributed by atoms with Gasteiger partial charge < -0.3 is 20.6 Å². The van der Waals surface area contributed by atoms with E-state index < -0.39 is 29.6 Å². The number of carboxylic acid groups (broad SMARTS) is 1. The molecule has 0 saturated heterocycles. The van der Waals surface area contributed by atoms with Gasteiger partial charge in [-0.25, -0.2) is 13.6 Å². The Labute approximate surface area is 228 Å². The fourth-order valence-corrected chi connectivity index (χ4v) is 4.89. The summed E-state index contributed by atoms with van der Waals surface area (Å²) >= 11 is 0. The van der Waals surface area contributed by atoms with E-state index >= 15 is 0 Å². The number of amides is 2. The number of anilines is 3. The second-order valence-corrected chi connectivity index (χ2v) is 11.0. The normalized spacial score (nSPS) is 16.3. The van der Waals surface area contributed by atoms with Gasteiger partial charge in [-0.1, -0.05) is 45.9 Å². The summed E-state index contributed by atoms with van der Waals surface area (Å²) in [6.45, 7) is 10.2. The van der Waals surface area contributed by atoms with Crippen LogP contribution in [0.15, 0.2) is 60.7 Å². The highest BCUT2D eigenvalue weighted by Gasteiger charge is 2.44. The van der Waals surface area contributed by atoms with Crippen molar-refractivity contribution in [2.75, 3.05) is 28.6 Å². The lowest BCUT2D eigenvalue weighted by Crippen LogP contribution is -2.32. The minimum Gasteiger partial charge on any atom is -0.481 e. The lowest BCUT2D eigenvalue weighted by molar-refractivity contribution is -0.138. The average molecular weight is 536 g/mol. The molecule has 1 saturated carbocycles. The predicted octanol–water partition coefficient (Wildman–Crippen LogP) is 7.58. The highest BCUT2D eigenvalue weighted by atomic mass is 19.1. The van der Waals surface area contributed by atoms with Gasteiger partial charge in [0.15, 0.2) is 0 Å². The third-order valence-electron chi connectivity index (χ3n) is 6.70. The van der Waals surface area contributed by atoms with Crippen molar-refractivity contribution >= 4 is 29.1 Å². The highest BCUT2D eigenvalue weighted by Crippen LogP contribution is 2.49. The molecule has 2 atom stereocenters. The number of nitrogens with one attached hydrogen (secondary N) is 2. The lowest BCUT2D eigenvalue weighted by atomic mass is 10.0. The van der Waals surface area contributed by atoms with Gasteiger partial charge in [0, 0.05) is 30.4 Å². The van der Waals surface area contributed by atoms with Crippen molar-refractivity contribution in [3.05, 3.63) is 77.9 Å². The van der Waals surface area contributed by atoms with E-state index in [0.29, 0.717) is 35.2 Å². The number of halogens is 2. The van der Waals surface area contributed by atoms with Crippen molar-refractivity contribution < 1.29 is 23.5 Å². The highest BCUT2D eigenvalue weighted by molar-refractivity contribution is 6.02. The molecule has 0 spiro atoms. The molecule has 1 aliphatic rings. The van der Waals surface area contributed by atoms with Crippen LogP contribution < -0.4 is 15.5 Å². The Balaban J connectivity index is 1.55. The molecule has 3 aromatic carbocycles. The van der Waals surface area contributed by atoms with Crippen molar-refractivity contribution in [1.82, 2.24) is 0 Å². The summed E-state index contributed by atoms with van der Waals surface area (Å²) < 4.78 is 27.4. The van der Waals surface area contributed by atoms with E-state index in [-0.39, 0.29) is 11.5 Å². The van der Waals surface area contributed by atoms with Crippen molar-refractivity contribution in [3.63, 3.8) is 0 Å². The monoisotopic (exact) mass is 535 g/mol. The van der Waals surface area contributed by atoms with Crippen LogP contribution in [0.5, 0.6) is 0 Å². The Bertz CT molecular complexity index is 1330. The van der Waals surface area contributed by atoms with E-state index in [2.05, 4.69) is 43.2 Å². The SMILES string of the molecule is CC(C)CN(CC(C)C)c1ccc([C@H]2C[C@H]2C(=O)O)cc1NC(=O)Nc1ccc(-c2ccc(F)cc2F)cc1. The molecule has 39 heavy (non-hydrogen) atoms. The molecular formula is C31H35F2N3O3. The lowest BCUT2D eigenvalue weighted by Gasteiger charge is -2.30. The van der Waals surface area contributed by atoms with Gasteiger partial charge >= 0.3 is 12.0 Å². The summed E-state index contributed by atoms with van der Waals surface area (Å²) in [4.78, 5) is 26.8. The van der Waals surface area contributed by atoms with E-state index in [0.717, 1.165) is 30.4 Å². The second-order valence-electron chi connectivity index (χ2n) is 11.0. The molecule has 0 heterocycles. The maximum absolute atomic E-state index is 14.2. The fourth-order valence-electron chi connectivity index (χ4n) is 4.89. The molecule has 0 unspecified atom stereocenters. The summed E-state index contributed by atoms with van der Waals surface area (Å²) in [5.41, 5.74) is 3.72. The van der Waals surface area contributed by atoms with Crippen molar-refractivity contribution in [2.45, 2.75) is 40.0 Å². The first-order valence-electron chi connectivity index (χ1n) is 13.3. The van der Waals surface area contributed by atoms with Gasteiger partial charge in [-0.3, -0.25) is 4.79 Å². The standard InChI is InChI=1S/C31H35F2N3O3/c1-18(2)16-36(17-19(3)4)29-12-7-21(25-15-26(25)30(37)38)13-28(29)35-31(39)34-23-9-5-20(6-10-23)24-11-8-22(32)14-27(24)33/h5-14,18-19,25-26H,15-17H2,1-4H3,(H,37,38)(H2,34,35,39)/t25-,26-/m1/s1. The number of carboxylic acids is 1. The zero-order valence-electron chi connectivity index (χ0n) is 22.7. The fraction of sp³-hybridized carbons (Fsp3) is 0.355. The second kappa shape index (κ2) is 11.8. The molecule has 0 aliphatic heterocycles. The van der Waals surface area contributed by atoms with Crippen molar-refractivity contribution in [3.8, 4) is 11.1 Å². The van der Waals surface area contributed by atoms with Crippen molar-refractivity contribution in [2.24, 2.45) is 17.8 Å². The largest absolute Gasteiger partial charge is 0.481 e. The summed E-state index contributed by atoms with van der Waals surface area (Å²) in [6.07, 6.45) is 0.586. The number of carbonyl (C=O) groups excluding carboxylic acids is 1. The predicted molar refractivity (Wildman–Crippen MR) is 151 cm³/mol. The summed E-state index contributed by atoms with van der Waals surface area (Å²) in [6, 6.07) is 15.4. The maximum atomic E-state index is 14.2. The van der Waals surface area contributed by atoms with Gasteiger partial charge in [0.25, 0.3) is 0 Å². The number of hydrogen-bond acceptors (Lipinski definition) is 3. The van der Waals surface area contributed by atoms with E-state index in [1.807, 2.05) is 18.2 Å². The minimum absolute atomic E-state index is 0.0665. The van der Waals surface area contributed by atoms with E-state index in [1.165, 1.54) is 12.1 Å². The summed E-state index contributed by atoms with van der Waals surface area (Å²) in [7, 11) is 0. The Hall–Kier alpha value is -3.94. The molecule has 0 radical (unpaired) electrons. The topological polar surface area (TPSA) is 81.7 Å². The molecular weight excluding hydrogens is 500 g/mol. The molecule has 2 amide bonds. The first-order valence-corrected chi connectivity index (χ1v) is 13.3. The third-order valence-corrected chi connectivity index (χ3v) is 6.70. The van der Waals surface area contributed by atoms with E-state index in [9.17, 15) is 23.5 Å². The smallest absolute Gasteiger partial charge is 0.323 e. The summed E-state index contributed by atoms with van der Waals surface area (Å²) in [5, 5.41) is 15.2. The van der Waals surface area contributed by atoms with E-state index in [4.69, 9.17) is 0 Å². The van der Waals surface area contributed by atoms with Gasteiger partial charge in [0.05, 0.1) is 17.3 Å². The Morgan fingerprint density at radius 2 is 1.59 bits per heavy atom. The molecule has 4 rings (SSSR count). The molecule has 8 heteroatoms. The zero-order chi connectivity index (χ0) is 28.3. The number of aliphatic carboxylic acids is 1. The molecule has 0 aromatic heterocycles. The molecule has 1 fully saturated rings. The Kier molecular flexibility index (Phi) is 8.53. The van der Waals surface area contributed by atoms with Crippen LogP contribution in [0, 0.1) is 29.4 Å². The number of urea groups is 1. The van der Waals surface area contributed by atoms with Gasteiger partial charge in [-0.05, 0) is 71.7 Å². The Morgan fingerprint density at radius 3 is 2.15 bits per heavy atom. The number of benzene rings is 3. The molecule has 206 valence electrons. The molecule has 0 bridgehead atoms. The molecule has 3 aromatic rings. The molecule has 6 nitrogen and oxygen atoms in total. The van der Waals surface area contributed by atoms with E-state index in [1.54, 1.807) is 24.3 Å². The summed E-state index contributed by atoms with van der Waals surface area (Å²) in [5.74, 6) is -1.78. The van der Waals surface area contributed by atoms with Gasteiger partial charge in [-0.15, -0.1) is 0 Å². The van der Waals surface area contributed by atoms with Gasteiger partial charge in [0.1, 0.15) is 11.6 Å². The molecule has 1 aliphatic carbocycles. The van der Waals surface area contributed by atoms with Crippen LogP contribution in [0.4, 0.5) is 30.6 Å².